The maximum absolute atomic E-state index is 12.1. The number of hydrogen-bond donors (Lipinski definition) is 1. The van der Waals surface area contributed by atoms with E-state index in [2.05, 4.69) is 5.32 Å². The lowest BCUT2D eigenvalue weighted by Crippen LogP contribution is -2.43. The predicted molar refractivity (Wildman–Crippen MR) is 62.8 cm³/mol. The van der Waals surface area contributed by atoms with Crippen LogP contribution in [0.25, 0.3) is 0 Å². The third-order valence-electron chi connectivity index (χ3n) is 3.50. The zero-order chi connectivity index (χ0) is 11.9. The Balaban J connectivity index is 2.00. The van der Waals surface area contributed by atoms with Crippen LogP contribution >= 0.6 is 0 Å². The molecule has 0 aliphatic carbocycles. The Morgan fingerprint density at radius 2 is 2.35 bits per heavy atom. The quantitative estimate of drug-likeness (QED) is 0.796. The molecule has 0 amide bonds. The molecule has 90 valence electrons. The van der Waals surface area contributed by atoms with Gasteiger partial charge in [-0.1, -0.05) is 0 Å². The average molecular weight is 233 g/mol. The van der Waals surface area contributed by atoms with Gasteiger partial charge in [0.15, 0.2) is 5.78 Å². The zero-order valence-corrected chi connectivity index (χ0v) is 9.79. The van der Waals surface area contributed by atoms with Gasteiger partial charge >= 0.3 is 0 Å². The number of rotatable bonds is 1. The van der Waals surface area contributed by atoms with Crippen molar-refractivity contribution in [3.63, 3.8) is 0 Å². The van der Waals surface area contributed by atoms with Gasteiger partial charge in [-0.3, -0.25) is 4.79 Å². The van der Waals surface area contributed by atoms with E-state index in [9.17, 15) is 4.79 Å². The summed E-state index contributed by atoms with van der Waals surface area (Å²) in [6.45, 7) is 1.65. The van der Waals surface area contributed by atoms with Crippen LogP contribution in [0.5, 0.6) is 11.5 Å². The first kappa shape index (κ1) is 10.6. The van der Waals surface area contributed by atoms with Crippen LogP contribution in [0.15, 0.2) is 18.2 Å². The molecule has 2 aliphatic rings. The van der Waals surface area contributed by atoms with Gasteiger partial charge in [0.2, 0.25) is 0 Å². The number of fused-ring (bicyclic) bond motifs is 1. The van der Waals surface area contributed by atoms with Gasteiger partial charge in [-0.25, -0.2) is 0 Å². The maximum atomic E-state index is 12.1. The molecule has 1 unspecified atom stereocenters. The van der Waals surface area contributed by atoms with E-state index >= 15 is 0 Å². The highest BCUT2D eigenvalue weighted by Crippen LogP contribution is 2.38. The van der Waals surface area contributed by atoms with Crippen molar-refractivity contribution < 1.29 is 14.3 Å². The molecular formula is C13H15NO3. The Morgan fingerprint density at radius 3 is 3.06 bits per heavy atom. The standard InChI is InChI=1S/C13H15NO3/c1-16-9-2-3-10-11(15)7-13(4-5-14-8-13)17-12(10)6-9/h2-3,6,14H,4-5,7-8H2,1H3. The van der Waals surface area contributed by atoms with Crippen LogP contribution < -0.4 is 14.8 Å². The number of Topliss-reactive ketones (excluding diaryl/α,β-unsaturated/α-hetero) is 1. The molecule has 1 atom stereocenters. The summed E-state index contributed by atoms with van der Waals surface area (Å²) in [7, 11) is 1.61. The van der Waals surface area contributed by atoms with Gasteiger partial charge in [-0.2, -0.15) is 0 Å². The van der Waals surface area contributed by atoms with Crippen LogP contribution in [-0.4, -0.2) is 31.6 Å². The fourth-order valence-electron chi connectivity index (χ4n) is 2.56. The molecule has 17 heavy (non-hydrogen) atoms. The van der Waals surface area contributed by atoms with Crippen LogP contribution in [0.2, 0.25) is 0 Å². The summed E-state index contributed by atoms with van der Waals surface area (Å²) in [6.07, 6.45) is 1.36. The normalized spacial score (nSPS) is 26.8. The second kappa shape index (κ2) is 3.74. The van der Waals surface area contributed by atoms with E-state index in [1.165, 1.54) is 0 Å². The molecule has 0 saturated carbocycles. The van der Waals surface area contributed by atoms with E-state index in [4.69, 9.17) is 9.47 Å². The molecule has 3 rings (SSSR count). The molecule has 0 aromatic heterocycles. The first-order valence-electron chi connectivity index (χ1n) is 5.83. The molecule has 1 N–H and O–H groups in total. The average Bonchev–Trinajstić information content (AvgIpc) is 2.76. The number of carbonyl (C=O) groups excluding carboxylic acids is 1. The van der Waals surface area contributed by atoms with Gasteiger partial charge in [0.05, 0.1) is 19.1 Å². The minimum atomic E-state index is -0.337. The molecule has 0 radical (unpaired) electrons. The molecule has 1 saturated heterocycles. The number of hydrogen-bond acceptors (Lipinski definition) is 4. The molecular weight excluding hydrogens is 218 g/mol. The van der Waals surface area contributed by atoms with Crippen molar-refractivity contribution in [3.05, 3.63) is 23.8 Å². The van der Waals surface area contributed by atoms with Crippen molar-refractivity contribution >= 4 is 5.78 Å². The summed E-state index contributed by atoms with van der Waals surface area (Å²) < 4.78 is 11.2. The largest absolute Gasteiger partial charge is 0.497 e. The van der Waals surface area contributed by atoms with Gasteiger partial charge in [0, 0.05) is 19.0 Å². The van der Waals surface area contributed by atoms with E-state index in [1.807, 2.05) is 0 Å². The lowest BCUT2D eigenvalue weighted by Gasteiger charge is -2.34. The SMILES string of the molecule is COc1ccc2c(c1)OC1(CCNC1)CC2=O. The predicted octanol–water partition coefficient (Wildman–Crippen LogP) is 1.39. The molecule has 1 fully saturated rings. The summed E-state index contributed by atoms with van der Waals surface area (Å²) in [4.78, 5) is 12.1. The van der Waals surface area contributed by atoms with Gasteiger partial charge in [0.1, 0.15) is 17.1 Å². The zero-order valence-electron chi connectivity index (χ0n) is 9.79. The number of nitrogens with one attached hydrogen (secondary N) is 1. The molecule has 2 aliphatic heterocycles. The van der Waals surface area contributed by atoms with Gasteiger partial charge in [-0.05, 0) is 18.7 Å². The van der Waals surface area contributed by atoms with E-state index in [1.54, 1.807) is 25.3 Å². The minimum Gasteiger partial charge on any atom is -0.497 e. The van der Waals surface area contributed by atoms with E-state index in [-0.39, 0.29) is 11.4 Å². The molecule has 4 heteroatoms. The molecule has 2 heterocycles. The van der Waals surface area contributed by atoms with E-state index in [0.717, 1.165) is 25.3 Å². The van der Waals surface area contributed by atoms with Crippen molar-refractivity contribution in [1.29, 1.82) is 0 Å². The minimum absolute atomic E-state index is 0.164. The molecule has 1 aromatic rings. The Hall–Kier alpha value is -1.55. The number of ketones is 1. The first-order chi connectivity index (χ1) is 8.22. The second-order valence-corrected chi connectivity index (χ2v) is 4.67. The van der Waals surface area contributed by atoms with Gasteiger partial charge < -0.3 is 14.8 Å². The third-order valence-corrected chi connectivity index (χ3v) is 3.50. The molecule has 4 nitrogen and oxygen atoms in total. The highest BCUT2D eigenvalue weighted by atomic mass is 16.5. The fraction of sp³-hybridized carbons (Fsp3) is 0.462. The lowest BCUT2D eigenvalue weighted by molar-refractivity contribution is 0.0527. The highest BCUT2D eigenvalue weighted by Gasteiger charge is 2.42. The summed E-state index contributed by atoms with van der Waals surface area (Å²) >= 11 is 0. The monoisotopic (exact) mass is 233 g/mol. The Kier molecular flexibility index (Phi) is 2.33. The van der Waals surface area contributed by atoms with Crippen molar-refractivity contribution in [2.45, 2.75) is 18.4 Å². The summed E-state index contributed by atoms with van der Waals surface area (Å²) in [5, 5.41) is 3.25. The van der Waals surface area contributed by atoms with E-state index < -0.39 is 0 Å². The smallest absolute Gasteiger partial charge is 0.170 e. The number of carbonyl (C=O) groups is 1. The maximum Gasteiger partial charge on any atom is 0.170 e. The molecule has 1 aromatic carbocycles. The summed E-state index contributed by atoms with van der Waals surface area (Å²) in [6, 6.07) is 5.38. The highest BCUT2D eigenvalue weighted by molar-refractivity contribution is 6.00. The fourth-order valence-corrected chi connectivity index (χ4v) is 2.56. The number of methoxy groups -OCH3 is 1. The van der Waals surface area contributed by atoms with Crippen molar-refractivity contribution in [1.82, 2.24) is 5.32 Å². The summed E-state index contributed by atoms with van der Waals surface area (Å²) in [5.41, 5.74) is 0.333. The Bertz CT molecular complexity index is 464. The third kappa shape index (κ3) is 1.69. The topological polar surface area (TPSA) is 47.6 Å². The first-order valence-corrected chi connectivity index (χ1v) is 5.83. The van der Waals surface area contributed by atoms with Gasteiger partial charge in [0.25, 0.3) is 0 Å². The summed E-state index contributed by atoms with van der Waals surface area (Å²) in [5.74, 6) is 1.54. The Morgan fingerprint density at radius 1 is 1.47 bits per heavy atom. The van der Waals surface area contributed by atoms with Crippen molar-refractivity contribution in [2.24, 2.45) is 0 Å². The molecule has 0 bridgehead atoms. The van der Waals surface area contributed by atoms with Crippen LogP contribution in [0.3, 0.4) is 0 Å². The number of ether oxygens (including phenoxy) is 2. The molecule has 1 spiro atoms. The van der Waals surface area contributed by atoms with Crippen LogP contribution in [0.4, 0.5) is 0 Å². The van der Waals surface area contributed by atoms with E-state index in [0.29, 0.717) is 17.7 Å². The van der Waals surface area contributed by atoms with Crippen LogP contribution in [0, 0.1) is 0 Å². The van der Waals surface area contributed by atoms with Crippen LogP contribution in [-0.2, 0) is 0 Å². The van der Waals surface area contributed by atoms with Crippen molar-refractivity contribution in [3.8, 4) is 11.5 Å². The second-order valence-electron chi connectivity index (χ2n) is 4.67. The Labute approximate surface area is 99.9 Å². The number of benzene rings is 1. The lowest BCUT2D eigenvalue weighted by atomic mass is 9.89. The van der Waals surface area contributed by atoms with Crippen LogP contribution in [0.1, 0.15) is 23.2 Å². The van der Waals surface area contributed by atoms with Gasteiger partial charge in [-0.15, -0.1) is 0 Å². The van der Waals surface area contributed by atoms with Crippen molar-refractivity contribution in [2.75, 3.05) is 20.2 Å².